The Balaban J connectivity index is 1.32. The minimum absolute atomic E-state index is 0.105. The molecule has 3 aliphatic rings. The van der Waals surface area contributed by atoms with Gasteiger partial charge in [0.2, 0.25) is 0 Å². The van der Waals surface area contributed by atoms with Crippen molar-refractivity contribution in [3.05, 3.63) is 23.8 Å². The lowest BCUT2D eigenvalue weighted by molar-refractivity contribution is -0.157. The van der Waals surface area contributed by atoms with Crippen molar-refractivity contribution in [1.29, 1.82) is 0 Å². The number of ether oxygens (including phenoxy) is 2. The average Bonchev–Trinajstić information content (AvgIpc) is 2.86. The number of hydrogen-bond acceptors (Lipinski definition) is 5. The van der Waals surface area contributed by atoms with E-state index >= 15 is 0 Å². The Labute approximate surface area is 160 Å². The molecule has 2 aliphatic heterocycles. The van der Waals surface area contributed by atoms with Crippen LogP contribution in [0.25, 0.3) is 0 Å². The number of piperidine rings is 1. The van der Waals surface area contributed by atoms with Crippen LogP contribution >= 0.6 is 0 Å². The molecule has 6 nitrogen and oxygen atoms in total. The minimum Gasteiger partial charge on any atom is -0.490 e. The Morgan fingerprint density at radius 1 is 1.15 bits per heavy atom. The molecule has 1 saturated heterocycles. The number of nitrogens with zero attached hydrogens (tertiary/aromatic N) is 1. The molecule has 1 amide bonds. The lowest BCUT2D eigenvalue weighted by Crippen LogP contribution is -2.58. The largest absolute Gasteiger partial charge is 0.490 e. The van der Waals surface area contributed by atoms with E-state index in [0.717, 1.165) is 43.0 Å². The van der Waals surface area contributed by atoms with Crippen LogP contribution in [0.2, 0.25) is 0 Å². The van der Waals surface area contributed by atoms with Crippen molar-refractivity contribution < 1.29 is 19.4 Å². The fraction of sp³-hybridized carbons (Fsp3) is 0.667. The van der Waals surface area contributed by atoms with Crippen LogP contribution in [0.4, 0.5) is 0 Å². The van der Waals surface area contributed by atoms with Gasteiger partial charge in [-0.05, 0) is 49.3 Å². The van der Waals surface area contributed by atoms with Crippen molar-refractivity contribution in [2.45, 2.75) is 50.7 Å². The van der Waals surface area contributed by atoms with Gasteiger partial charge in [0.15, 0.2) is 17.1 Å². The molecule has 148 valence electrons. The molecule has 4 rings (SSSR count). The summed E-state index contributed by atoms with van der Waals surface area (Å²) >= 11 is 0. The predicted octanol–water partition coefficient (Wildman–Crippen LogP) is 2.09. The van der Waals surface area contributed by atoms with Gasteiger partial charge in [0, 0.05) is 32.6 Å². The molecule has 0 radical (unpaired) electrons. The molecule has 2 heterocycles. The molecule has 6 heteroatoms. The van der Waals surface area contributed by atoms with Gasteiger partial charge >= 0.3 is 0 Å². The summed E-state index contributed by atoms with van der Waals surface area (Å²) in [4.78, 5) is 14.7. The number of benzene rings is 1. The van der Waals surface area contributed by atoms with Crippen molar-refractivity contribution in [2.24, 2.45) is 5.92 Å². The monoisotopic (exact) mass is 374 g/mol. The Hall–Kier alpha value is -1.79. The van der Waals surface area contributed by atoms with Gasteiger partial charge in [-0.2, -0.15) is 0 Å². The zero-order valence-electron chi connectivity index (χ0n) is 15.9. The van der Waals surface area contributed by atoms with Crippen LogP contribution in [0.3, 0.4) is 0 Å². The van der Waals surface area contributed by atoms with E-state index in [-0.39, 0.29) is 12.5 Å². The number of carbonyl (C=O) groups is 1. The molecule has 1 aromatic rings. The lowest BCUT2D eigenvalue weighted by atomic mass is 9.83. The SMILES string of the molecule is O=C1N(CC2CCC2)CCC[C@@]1(O)CNCc1ccc2c(c1)OCCCO2. The summed E-state index contributed by atoms with van der Waals surface area (Å²) in [6, 6.07) is 5.90. The highest BCUT2D eigenvalue weighted by Crippen LogP contribution is 2.31. The minimum atomic E-state index is -1.28. The van der Waals surface area contributed by atoms with Crippen LogP contribution in [-0.2, 0) is 11.3 Å². The van der Waals surface area contributed by atoms with Gasteiger partial charge in [0.1, 0.15) is 0 Å². The second-order valence-corrected chi connectivity index (χ2v) is 8.12. The van der Waals surface area contributed by atoms with Crippen molar-refractivity contribution in [1.82, 2.24) is 10.2 Å². The van der Waals surface area contributed by atoms with Gasteiger partial charge in [-0.15, -0.1) is 0 Å². The van der Waals surface area contributed by atoms with Gasteiger partial charge < -0.3 is 24.8 Å². The highest BCUT2D eigenvalue weighted by atomic mass is 16.5. The molecule has 2 fully saturated rings. The number of hydrogen-bond donors (Lipinski definition) is 2. The fourth-order valence-corrected chi connectivity index (χ4v) is 4.12. The third-order valence-electron chi connectivity index (χ3n) is 5.97. The van der Waals surface area contributed by atoms with Crippen molar-refractivity contribution in [3.63, 3.8) is 0 Å². The molecule has 2 N–H and O–H groups in total. The molecule has 1 saturated carbocycles. The van der Waals surface area contributed by atoms with E-state index in [2.05, 4.69) is 5.32 Å². The summed E-state index contributed by atoms with van der Waals surface area (Å²) in [7, 11) is 0. The van der Waals surface area contributed by atoms with Crippen LogP contribution in [-0.4, -0.2) is 54.4 Å². The zero-order chi connectivity index (χ0) is 18.7. The molecule has 0 unspecified atom stereocenters. The smallest absolute Gasteiger partial charge is 0.255 e. The summed E-state index contributed by atoms with van der Waals surface area (Å²) in [6.45, 7) is 3.78. The molecule has 1 aliphatic carbocycles. The van der Waals surface area contributed by atoms with Crippen LogP contribution in [0.15, 0.2) is 18.2 Å². The number of likely N-dealkylation sites (tertiary alicyclic amines) is 1. The first-order chi connectivity index (χ1) is 13.1. The van der Waals surface area contributed by atoms with E-state index in [9.17, 15) is 9.90 Å². The fourth-order valence-electron chi connectivity index (χ4n) is 4.12. The maximum Gasteiger partial charge on any atom is 0.255 e. The number of nitrogens with one attached hydrogen (secondary N) is 1. The van der Waals surface area contributed by atoms with E-state index in [0.29, 0.717) is 32.1 Å². The summed E-state index contributed by atoms with van der Waals surface area (Å²) < 4.78 is 11.4. The molecule has 27 heavy (non-hydrogen) atoms. The molecule has 1 aromatic carbocycles. The second kappa shape index (κ2) is 8.07. The normalized spacial score (nSPS) is 25.8. The topological polar surface area (TPSA) is 71.0 Å². The molecule has 0 aromatic heterocycles. The van der Waals surface area contributed by atoms with Crippen LogP contribution in [0, 0.1) is 5.92 Å². The Morgan fingerprint density at radius 2 is 1.96 bits per heavy atom. The Morgan fingerprint density at radius 3 is 2.74 bits per heavy atom. The Kier molecular flexibility index (Phi) is 5.55. The zero-order valence-corrected chi connectivity index (χ0v) is 15.9. The van der Waals surface area contributed by atoms with Gasteiger partial charge in [-0.1, -0.05) is 12.5 Å². The maximum atomic E-state index is 12.8. The van der Waals surface area contributed by atoms with Gasteiger partial charge in [-0.25, -0.2) is 0 Å². The van der Waals surface area contributed by atoms with E-state index in [1.54, 1.807) is 0 Å². The van der Waals surface area contributed by atoms with E-state index in [1.165, 1.54) is 19.3 Å². The number of aliphatic hydroxyl groups is 1. The molecule has 0 bridgehead atoms. The standard InChI is InChI=1S/C21H30N2O4/c24-20-21(25,8-2-9-23(20)14-16-4-1-5-16)15-22-13-17-6-7-18-19(12-17)27-11-3-10-26-18/h6-7,12,16,22,25H,1-5,8-11,13-15H2/t21-/m1/s1. The van der Waals surface area contributed by atoms with Crippen molar-refractivity contribution in [2.75, 3.05) is 32.8 Å². The third-order valence-corrected chi connectivity index (χ3v) is 5.97. The molecule has 0 spiro atoms. The number of rotatable bonds is 6. The van der Waals surface area contributed by atoms with Gasteiger partial charge in [0.25, 0.3) is 5.91 Å². The number of amides is 1. The first kappa shape index (κ1) is 18.6. The van der Waals surface area contributed by atoms with Crippen LogP contribution in [0.5, 0.6) is 11.5 Å². The van der Waals surface area contributed by atoms with Crippen LogP contribution < -0.4 is 14.8 Å². The Bertz CT molecular complexity index is 676. The highest BCUT2D eigenvalue weighted by Gasteiger charge is 2.42. The van der Waals surface area contributed by atoms with E-state index in [4.69, 9.17) is 9.47 Å². The van der Waals surface area contributed by atoms with Crippen LogP contribution in [0.1, 0.15) is 44.1 Å². The summed E-state index contributed by atoms with van der Waals surface area (Å²) in [5, 5.41) is 14.2. The summed E-state index contributed by atoms with van der Waals surface area (Å²) in [6.07, 6.45) is 5.97. The molecular weight excluding hydrogens is 344 g/mol. The predicted molar refractivity (Wildman–Crippen MR) is 102 cm³/mol. The number of carbonyl (C=O) groups excluding carboxylic acids is 1. The maximum absolute atomic E-state index is 12.8. The summed E-state index contributed by atoms with van der Waals surface area (Å²) in [5.74, 6) is 2.08. The molecule has 1 atom stereocenters. The van der Waals surface area contributed by atoms with E-state index < -0.39 is 5.60 Å². The summed E-state index contributed by atoms with van der Waals surface area (Å²) in [5.41, 5.74) is -0.231. The second-order valence-electron chi connectivity index (χ2n) is 8.12. The van der Waals surface area contributed by atoms with Crippen molar-refractivity contribution >= 4 is 5.91 Å². The lowest BCUT2D eigenvalue weighted by Gasteiger charge is -2.41. The van der Waals surface area contributed by atoms with Gasteiger partial charge in [0.05, 0.1) is 13.2 Å². The quantitative estimate of drug-likeness (QED) is 0.798. The van der Waals surface area contributed by atoms with Gasteiger partial charge in [-0.3, -0.25) is 4.79 Å². The average molecular weight is 374 g/mol. The number of fused-ring (bicyclic) bond motifs is 1. The first-order valence-electron chi connectivity index (χ1n) is 10.2. The molecular formula is C21H30N2O4. The first-order valence-corrected chi connectivity index (χ1v) is 10.2. The van der Waals surface area contributed by atoms with E-state index in [1.807, 2.05) is 23.1 Å². The van der Waals surface area contributed by atoms with Crippen molar-refractivity contribution in [3.8, 4) is 11.5 Å². The third kappa shape index (κ3) is 4.22. The highest BCUT2D eigenvalue weighted by molar-refractivity contribution is 5.86.